The summed E-state index contributed by atoms with van der Waals surface area (Å²) in [4.78, 5) is 33.2. The number of hydrogen-bond donors (Lipinski definition) is 2. The van der Waals surface area contributed by atoms with Gasteiger partial charge in [0.25, 0.3) is 5.95 Å². The number of methoxy groups -OCH3 is 2. The Kier molecular flexibility index (Phi) is 10.7. The number of aromatic hydroxyl groups is 1. The van der Waals surface area contributed by atoms with Crippen LogP contribution in [0.4, 0.5) is 28.8 Å². The van der Waals surface area contributed by atoms with Crippen LogP contribution in [0.2, 0.25) is 0 Å². The predicted molar refractivity (Wildman–Crippen MR) is 177 cm³/mol. The van der Waals surface area contributed by atoms with E-state index in [0.717, 1.165) is 25.7 Å². The molecule has 0 fully saturated rings. The van der Waals surface area contributed by atoms with Crippen LogP contribution in [-0.4, -0.2) is 80.4 Å². The van der Waals surface area contributed by atoms with E-state index >= 15 is 0 Å². The molecule has 0 radical (unpaired) electrons. The van der Waals surface area contributed by atoms with Gasteiger partial charge in [0, 0.05) is 20.2 Å². The topological polar surface area (TPSA) is 245 Å². The summed E-state index contributed by atoms with van der Waals surface area (Å²) in [6, 6.07) is 1.30. The molecule has 262 valence electrons. The fraction of sp³-hybridized carbons (Fsp3) is 0.400. The van der Waals surface area contributed by atoms with Crippen LogP contribution in [0.15, 0.2) is 45.1 Å². The number of nitrogens with two attached hydrogens (primary N) is 1. The second-order valence-electron chi connectivity index (χ2n) is 11.0. The zero-order valence-electron chi connectivity index (χ0n) is 28.5. The molecule has 0 bridgehead atoms. The van der Waals surface area contributed by atoms with Crippen molar-refractivity contribution < 1.29 is 24.2 Å². The molecular weight excluding hydrogens is 650 g/mol. The van der Waals surface area contributed by atoms with Gasteiger partial charge in [-0.25, -0.2) is 23.6 Å². The Labute approximate surface area is 285 Å². The molecule has 5 rings (SSSR count). The number of nitrogens with zero attached hydrogens (tertiary/aromatic N) is 14. The zero-order valence-corrected chi connectivity index (χ0v) is 28.5. The Morgan fingerprint density at radius 2 is 1.42 bits per heavy atom. The van der Waals surface area contributed by atoms with Crippen molar-refractivity contribution in [3.8, 4) is 17.6 Å². The van der Waals surface area contributed by atoms with E-state index in [4.69, 9.17) is 15.2 Å². The summed E-state index contributed by atoms with van der Waals surface area (Å²) in [5.74, 6) is -1.00. The number of azo groups is 2. The lowest BCUT2D eigenvalue weighted by molar-refractivity contribution is 0.0592. The van der Waals surface area contributed by atoms with E-state index in [-0.39, 0.29) is 51.9 Å². The molecule has 5 aromatic heterocycles. The molecule has 0 amide bonds. The zero-order chi connectivity index (χ0) is 35.9. The highest BCUT2D eigenvalue weighted by atomic mass is 16.5. The highest BCUT2D eigenvalue weighted by Gasteiger charge is 2.22. The summed E-state index contributed by atoms with van der Waals surface area (Å²) in [7, 11) is 5.78. The lowest BCUT2D eigenvalue weighted by Gasteiger charge is -2.06. The SMILES string of the molecule is CCCCc1nn(-c2nc(O)cc(-n3nc(CCCC)c(/N=N/c4c(C(=O)OC)cnn4C)c3N)n2)cc1/N=N/c1c(C(=O)OC)cnn1C. The van der Waals surface area contributed by atoms with E-state index < -0.39 is 11.9 Å². The number of nitrogen functional groups attached to an aromatic ring is 1. The summed E-state index contributed by atoms with van der Waals surface area (Å²) >= 11 is 0. The minimum absolute atomic E-state index is 0.000714. The molecular formula is C30H37N15O5. The van der Waals surface area contributed by atoms with E-state index in [2.05, 4.69) is 50.8 Å². The highest BCUT2D eigenvalue weighted by molar-refractivity contribution is 5.94. The van der Waals surface area contributed by atoms with Crippen molar-refractivity contribution in [2.75, 3.05) is 20.0 Å². The fourth-order valence-corrected chi connectivity index (χ4v) is 4.80. The van der Waals surface area contributed by atoms with Crippen molar-refractivity contribution >= 4 is 40.8 Å². The lowest BCUT2D eigenvalue weighted by Crippen LogP contribution is -2.09. The molecule has 50 heavy (non-hydrogen) atoms. The number of carbonyl (C=O) groups excluding carboxylic acids is 2. The maximum absolute atomic E-state index is 12.2. The smallest absolute Gasteiger partial charge is 0.343 e. The molecule has 20 heteroatoms. The molecule has 0 unspecified atom stereocenters. The van der Waals surface area contributed by atoms with Crippen molar-refractivity contribution in [3.05, 3.63) is 47.2 Å². The third-order valence-electron chi connectivity index (χ3n) is 7.50. The average Bonchev–Trinajstić information content (AvgIpc) is 3.88. The number of carbonyl (C=O) groups is 2. The number of aryl methyl sites for hydroxylation is 4. The molecule has 0 aliphatic rings. The number of hydrogen-bond acceptors (Lipinski definition) is 16. The Bertz CT molecular complexity index is 2070. The minimum Gasteiger partial charge on any atom is -0.493 e. The van der Waals surface area contributed by atoms with Crippen molar-refractivity contribution in [2.45, 2.75) is 52.4 Å². The van der Waals surface area contributed by atoms with Crippen molar-refractivity contribution in [1.82, 2.24) is 49.1 Å². The summed E-state index contributed by atoms with van der Waals surface area (Å²) in [6.07, 6.45) is 8.70. The number of rotatable bonds is 14. The van der Waals surface area contributed by atoms with E-state index in [1.807, 2.05) is 13.8 Å². The number of ether oxygens (including phenoxy) is 2. The molecule has 0 atom stereocenters. The van der Waals surface area contributed by atoms with Crippen LogP contribution in [0, 0.1) is 0 Å². The first-order chi connectivity index (χ1) is 24.1. The molecule has 20 nitrogen and oxygen atoms in total. The van der Waals surface area contributed by atoms with Gasteiger partial charge in [-0.3, -0.25) is 0 Å². The summed E-state index contributed by atoms with van der Waals surface area (Å²) in [5.41, 5.74) is 8.64. The summed E-state index contributed by atoms with van der Waals surface area (Å²) in [6.45, 7) is 4.09. The van der Waals surface area contributed by atoms with Crippen LogP contribution < -0.4 is 5.73 Å². The molecule has 0 saturated heterocycles. The van der Waals surface area contributed by atoms with Gasteiger partial charge in [-0.2, -0.15) is 35.0 Å². The molecule has 0 aromatic carbocycles. The van der Waals surface area contributed by atoms with Crippen molar-refractivity contribution in [1.29, 1.82) is 0 Å². The third-order valence-corrected chi connectivity index (χ3v) is 7.50. The van der Waals surface area contributed by atoms with Crippen LogP contribution in [0.5, 0.6) is 5.88 Å². The molecule has 0 saturated carbocycles. The van der Waals surface area contributed by atoms with Gasteiger partial charge < -0.3 is 20.3 Å². The maximum atomic E-state index is 12.2. The molecule has 0 aliphatic heterocycles. The summed E-state index contributed by atoms with van der Waals surface area (Å²) in [5, 5.41) is 45.5. The summed E-state index contributed by atoms with van der Waals surface area (Å²) < 4.78 is 15.1. The minimum atomic E-state index is -0.616. The Morgan fingerprint density at radius 1 is 0.840 bits per heavy atom. The average molecular weight is 688 g/mol. The molecule has 5 aromatic rings. The van der Waals surface area contributed by atoms with Crippen LogP contribution in [-0.2, 0) is 36.4 Å². The van der Waals surface area contributed by atoms with E-state index in [9.17, 15) is 14.7 Å². The van der Waals surface area contributed by atoms with Crippen LogP contribution >= 0.6 is 0 Å². The van der Waals surface area contributed by atoms with Crippen LogP contribution in [0.1, 0.15) is 71.6 Å². The van der Waals surface area contributed by atoms with E-state index in [1.54, 1.807) is 20.3 Å². The number of aromatic nitrogens is 10. The van der Waals surface area contributed by atoms with Crippen molar-refractivity contribution in [2.24, 2.45) is 34.6 Å². The van der Waals surface area contributed by atoms with Gasteiger partial charge in [-0.1, -0.05) is 26.7 Å². The molecule has 0 spiro atoms. The van der Waals surface area contributed by atoms with Crippen molar-refractivity contribution in [3.63, 3.8) is 0 Å². The third kappa shape index (κ3) is 7.22. The van der Waals surface area contributed by atoms with E-state index in [1.165, 1.54) is 51.4 Å². The van der Waals surface area contributed by atoms with Gasteiger partial charge in [0.2, 0.25) is 5.88 Å². The van der Waals surface area contributed by atoms with Gasteiger partial charge in [-0.05, 0) is 25.7 Å². The Hall–Kier alpha value is -6.34. The van der Waals surface area contributed by atoms with Crippen LogP contribution in [0.25, 0.3) is 11.8 Å². The lowest BCUT2D eigenvalue weighted by atomic mass is 10.2. The molecule has 0 aliphatic carbocycles. The van der Waals surface area contributed by atoms with Gasteiger partial charge >= 0.3 is 11.9 Å². The first-order valence-electron chi connectivity index (χ1n) is 15.7. The Morgan fingerprint density at radius 3 is 2.00 bits per heavy atom. The van der Waals surface area contributed by atoms with Gasteiger partial charge in [-0.15, -0.1) is 20.5 Å². The molecule has 5 heterocycles. The van der Waals surface area contributed by atoms with Gasteiger partial charge in [0.1, 0.15) is 16.8 Å². The standard InChI is InChI=1S/C30H37N15O5/c1-7-9-11-19-21(36-38-26-17(28(47)49-5)14-32-42(26)3)16-44(40-19)30-34-22(13-23(46)35-30)45-25(31)24(20(41-45)12-10-8-2)37-39-27-18(29(48)50-6)15-33-43(27)4/h13-16H,7-12,31H2,1-6H3,(H,34,35,46)/b38-36+,39-37+. The first kappa shape index (κ1) is 35.0. The normalized spacial score (nSPS) is 11.6. The second-order valence-corrected chi connectivity index (χ2v) is 11.0. The number of esters is 2. The largest absolute Gasteiger partial charge is 0.493 e. The predicted octanol–water partition coefficient (Wildman–Crippen LogP) is 4.69. The highest BCUT2D eigenvalue weighted by Crippen LogP contribution is 2.33. The monoisotopic (exact) mass is 687 g/mol. The second kappa shape index (κ2) is 15.3. The maximum Gasteiger partial charge on any atom is 0.343 e. The van der Waals surface area contributed by atoms with Gasteiger partial charge in [0.15, 0.2) is 29.0 Å². The Balaban J connectivity index is 1.55. The van der Waals surface area contributed by atoms with E-state index in [0.29, 0.717) is 29.9 Å². The van der Waals surface area contributed by atoms with Crippen LogP contribution in [0.3, 0.4) is 0 Å². The molecule has 3 N–H and O–H groups in total. The van der Waals surface area contributed by atoms with Gasteiger partial charge in [0.05, 0.1) is 44.2 Å². The quantitative estimate of drug-likeness (QED) is 0.119. The fourth-order valence-electron chi connectivity index (χ4n) is 4.80. The first-order valence-corrected chi connectivity index (χ1v) is 15.7. The number of anilines is 1. The number of unbranched alkanes of at least 4 members (excludes halogenated alkanes) is 2.